The van der Waals surface area contributed by atoms with Crippen LogP contribution in [0.4, 0.5) is 5.95 Å². The molecule has 0 radical (unpaired) electrons. The predicted octanol–water partition coefficient (Wildman–Crippen LogP) is 3.56. The Balaban J connectivity index is 1.56. The molecular formula is C27H25ClN4O8. The molecule has 6 rings (SSSR count). The summed E-state index contributed by atoms with van der Waals surface area (Å²) < 4.78 is 29.4. The summed E-state index contributed by atoms with van der Waals surface area (Å²) >= 11 is 6.57. The highest BCUT2D eigenvalue weighted by Gasteiger charge is 2.63. The smallest absolute Gasteiger partial charge is 0.236 e. The van der Waals surface area contributed by atoms with Gasteiger partial charge < -0.3 is 34.1 Å². The quantitative estimate of drug-likeness (QED) is 0.436. The van der Waals surface area contributed by atoms with Crippen molar-refractivity contribution in [2.24, 2.45) is 5.92 Å². The number of Topliss-reactive ketones (excluding diaryl/α,β-unsaturated/α-hetero) is 2. The molecule has 3 heterocycles. The van der Waals surface area contributed by atoms with Crippen molar-refractivity contribution in [3.8, 4) is 34.5 Å². The lowest BCUT2D eigenvalue weighted by atomic mass is 9.69. The molecule has 0 bridgehead atoms. The van der Waals surface area contributed by atoms with E-state index in [1.807, 2.05) is 0 Å². The number of benzene rings is 2. The molecule has 1 spiro atoms. The molecule has 3 aromatic rings. The van der Waals surface area contributed by atoms with Crippen LogP contribution in [0, 0.1) is 5.92 Å². The second-order valence-electron chi connectivity index (χ2n) is 9.62. The van der Waals surface area contributed by atoms with Gasteiger partial charge in [-0.15, -0.1) is 0 Å². The van der Waals surface area contributed by atoms with Gasteiger partial charge in [-0.05, 0) is 24.1 Å². The van der Waals surface area contributed by atoms with E-state index in [-0.39, 0.29) is 57.1 Å². The van der Waals surface area contributed by atoms with Crippen LogP contribution in [0.1, 0.15) is 35.3 Å². The van der Waals surface area contributed by atoms with Crippen molar-refractivity contribution in [1.29, 1.82) is 0 Å². The van der Waals surface area contributed by atoms with Crippen molar-refractivity contribution in [2.75, 3.05) is 33.8 Å². The molecule has 208 valence electrons. The van der Waals surface area contributed by atoms with E-state index in [9.17, 15) is 14.7 Å². The van der Waals surface area contributed by atoms with Crippen molar-refractivity contribution >= 4 is 29.1 Å². The van der Waals surface area contributed by atoms with Gasteiger partial charge in [0.1, 0.15) is 34.5 Å². The van der Waals surface area contributed by atoms with Crippen LogP contribution >= 0.6 is 11.6 Å². The predicted molar refractivity (Wildman–Crippen MR) is 141 cm³/mol. The Morgan fingerprint density at radius 3 is 2.30 bits per heavy atom. The largest absolute Gasteiger partial charge is 0.502 e. The van der Waals surface area contributed by atoms with E-state index < -0.39 is 29.1 Å². The number of carbonyl (C=O) groups is 2. The fraction of sp³-hybridized carbons (Fsp3) is 0.333. The summed E-state index contributed by atoms with van der Waals surface area (Å²) in [7, 11) is 5.65. The first-order chi connectivity index (χ1) is 19.2. The van der Waals surface area contributed by atoms with Gasteiger partial charge in [0, 0.05) is 23.3 Å². The van der Waals surface area contributed by atoms with E-state index in [1.165, 1.54) is 45.5 Å². The average Bonchev–Trinajstić information content (AvgIpc) is 3.55. The highest BCUT2D eigenvalue weighted by molar-refractivity contribution is 6.36. The molecule has 2 aromatic carbocycles. The molecule has 0 saturated heterocycles. The number of halogens is 1. The maximum absolute atomic E-state index is 14.7. The highest BCUT2D eigenvalue weighted by atomic mass is 35.5. The number of nitrogens with one attached hydrogen (secondary N) is 1. The number of phenols is 1. The topological polar surface area (TPSA) is 143 Å². The molecule has 3 atom stereocenters. The fourth-order valence-corrected chi connectivity index (χ4v) is 6.03. The third kappa shape index (κ3) is 3.25. The molecule has 40 heavy (non-hydrogen) atoms. The van der Waals surface area contributed by atoms with E-state index in [0.717, 1.165) is 0 Å². The van der Waals surface area contributed by atoms with Gasteiger partial charge in [-0.25, -0.2) is 4.68 Å². The number of phenolic OH excluding ortho intramolecular Hbond substituents is 1. The highest BCUT2D eigenvalue weighted by Crippen LogP contribution is 2.56. The first kappa shape index (κ1) is 25.8. The van der Waals surface area contributed by atoms with Crippen LogP contribution in [0.25, 0.3) is 0 Å². The van der Waals surface area contributed by atoms with Gasteiger partial charge in [0.25, 0.3) is 0 Å². The Labute approximate surface area is 233 Å². The van der Waals surface area contributed by atoms with Gasteiger partial charge in [0.15, 0.2) is 17.2 Å². The van der Waals surface area contributed by atoms with E-state index in [2.05, 4.69) is 15.4 Å². The number of hydrogen-bond donors (Lipinski definition) is 2. The third-order valence-corrected chi connectivity index (χ3v) is 8.06. The maximum Gasteiger partial charge on any atom is 0.236 e. The molecule has 0 fully saturated rings. The zero-order valence-electron chi connectivity index (χ0n) is 22.2. The second kappa shape index (κ2) is 9.05. The average molecular weight is 569 g/mol. The minimum Gasteiger partial charge on any atom is -0.502 e. The minimum absolute atomic E-state index is 0.0295. The molecule has 0 saturated carbocycles. The van der Waals surface area contributed by atoms with Gasteiger partial charge >= 0.3 is 0 Å². The summed E-state index contributed by atoms with van der Waals surface area (Å²) in [5.41, 5.74) is -0.525. The van der Waals surface area contributed by atoms with Crippen molar-refractivity contribution < 1.29 is 38.4 Å². The minimum atomic E-state index is -1.92. The van der Waals surface area contributed by atoms with Crippen molar-refractivity contribution in [1.82, 2.24) is 14.8 Å². The van der Waals surface area contributed by atoms with Crippen molar-refractivity contribution in [2.45, 2.75) is 25.0 Å². The van der Waals surface area contributed by atoms with E-state index in [1.54, 1.807) is 19.1 Å². The molecule has 0 amide bonds. The molecule has 3 aliphatic rings. The number of aromatic hydroxyl groups is 1. The monoisotopic (exact) mass is 568 g/mol. The lowest BCUT2D eigenvalue weighted by Crippen LogP contribution is -2.58. The van der Waals surface area contributed by atoms with Gasteiger partial charge in [0.05, 0.1) is 28.4 Å². The summed E-state index contributed by atoms with van der Waals surface area (Å²) in [5.74, 6) is -0.800. The van der Waals surface area contributed by atoms with E-state index in [0.29, 0.717) is 17.2 Å². The Kier molecular flexibility index (Phi) is 5.84. The first-order valence-electron chi connectivity index (χ1n) is 12.3. The number of rotatable bonds is 5. The normalized spacial score (nSPS) is 22.8. The lowest BCUT2D eigenvalue weighted by molar-refractivity contribution is -0.130. The molecule has 2 N–H and O–H groups in total. The summed E-state index contributed by atoms with van der Waals surface area (Å²) in [4.78, 5) is 33.2. The van der Waals surface area contributed by atoms with E-state index >= 15 is 0 Å². The lowest BCUT2D eigenvalue weighted by Gasteiger charge is -2.41. The summed E-state index contributed by atoms with van der Waals surface area (Å²) in [6.07, 6.45) is 1.63. The molecule has 13 heteroatoms. The van der Waals surface area contributed by atoms with Crippen LogP contribution in [-0.4, -0.2) is 65.5 Å². The number of nitrogens with zero attached hydrogens (tertiary/aromatic N) is 3. The number of carbonyl (C=O) groups excluding carboxylic acids is 2. The van der Waals surface area contributed by atoms with Crippen LogP contribution in [0.2, 0.25) is 5.02 Å². The number of methoxy groups -OCH3 is 4. The molecule has 2 aliphatic heterocycles. The first-order valence-corrected chi connectivity index (χ1v) is 12.7. The summed E-state index contributed by atoms with van der Waals surface area (Å²) in [6.45, 7) is 1.77. The number of allylic oxidation sites excluding steroid dienone is 1. The number of aromatic nitrogens is 3. The molecule has 0 unspecified atom stereocenters. The number of hydrogen-bond acceptors (Lipinski definition) is 11. The van der Waals surface area contributed by atoms with Crippen LogP contribution in [0.5, 0.6) is 34.5 Å². The third-order valence-electron chi connectivity index (χ3n) is 7.70. The van der Waals surface area contributed by atoms with Gasteiger partial charge in [0.2, 0.25) is 28.9 Å². The number of ketones is 2. The Hall–Kier alpha value is -4.45. The Bertz CT molecular complexity index is 1610. The standard InChI is InChI=1S/C27H25ClN4O8/c1-11-6-13-18(24(34)27(11)25(35)19-14(36-2)9-15(37-3)20(28)23(19)40-27)21(32-26(31-13)29-10-30-32)12-7-16(38-4)22(33)17(8-12)39-5/h7-11,21,33H,6H2,1-5H3,(H,29,30,31)/t11-,21-,27+/m1/s1. The van der Waals surface area contributed by atoms with E-state index in [4.69, 9.17) is 35.3 Å². The zero-order valence-corrected chi connectivity index (χ0v) is 23.0. The fourth-order valence-electron chi connectivity index (χ4n) is 5.77. The molecule has 1 aliphatic carbocycles. The number of ether oxygens (including phenoxy) is 5. The van der Waals surface area contributed by atoms with Crippen molar-refractivity contribution in [3.05, 3.63) is 51.9 Å². The number of anilines is 1. The Morgan fingerprint density at radius 2 is 1.68 bits per heavy atom. The maximum atomic E-state index is 14.7. The van der Waals surface area contributed by atoms with Gasteiger partial charge in [-0.3, -0.25) is 9.59 Å². The van der Waals surface area contributed by atoms with Crippen LogP contribution in [0.3, 0.4) is 0 Å². The molecule has 1 aromatic heterocycles. The second-order valence-corrected chi connectivity index (χ2v) is 10.0. The van der Waals surface area contributed by atoms with Crippen LogP contribution in [0.15, 0.2) is 35.8 Å². The van der Waals surface area contributed by atoms with Crippen LogP contribution < -0.4 is 29.0 Å². The molecule has 12 nitrogen and oxygen atoms in total. The summed E-state index contributed by atoms with van der Waals surface area (Å²) in [5, 5.41) is 18.2. The molecular weight excluding hydrogens is 544 g/mol. The van der Waals surface area contributed by atoms with Crippen molar-refractivity contribution in [3.63, 3.8) is 0 Å². The van der Waals surface area contributed by atoms with Gasteiger partial charge in [-0.1, -0.05) is 18.5 Å². The van der Waals surface area contributed by atoms with Gasteiger partial charge in [-0.2, -0.15) is 10.1 Å². The Morgan fingerprint density at radius 1 is 1.02 bits per heavy atom. The number of fused-ring (bicyclic) bond motifs is 2. The SMILES string of the molecule is COc1cc([C@@H]2C3=C(C[C@@H](C)[C@]4(Oc5c(Cl)c(OC)cc(OC)c5C4=O)C3=O)Nc3ncnn32)cc(OC)c1O. The van der Waals surface area contributed by atoms with Crippen LogP contribution in [-0.2, 0) is 4.79 Å². The zero-order chi connectivity index (χ0) is 28.5. The summed E-state index contributed by atoms with van der Waals surface area (Å²) in [6, 6.07) is 3.80.